The van der Waals surface area contributed by atoms with Gasteiger partial charge in [-0.15, -0.1) is 0 Å². The van der Waals surface area contributed by atoms with E-state index in [0.717, 1.165) is 30.0 Å². The lowest BCUT2D eigenvalue weighted by molar-refractivity contribution is 0.287. The van der Waals surface area contributed by atoms with E-state index in [1.165, 1.54) is 0 Å². The summed E-state index contributed by atoms with van der Waals surface area (Å²) in [5, 5.41) is 3.29. The summed E-state index contributed by atoms with van der Waals surface area (Å²) in [5.41, 5.74) is 1.53. The van der Waals surface area contributed by atoms with Gasteiger partial charge in [0.2, 0.25) is 0 Å². The van der Waals surface area contributed by atoms with Crippen molar-refractivity contribution in [2.45, 2.75) is 40.3 Å². The molecule has 3 nitrogen and oxygen atoms in total. The monoisotopic (exact) mass is 291 g/mol. The molecular formula is C17H22FNO2. The third-order valence-electron chi connectivity index (χ3n) is 3.34. The molecule has 2 aromatic rings. The van der Waals surface area contributed by atoms with Crippen LogP contribution in [0.25, 0.3) is 0 Å². The number of halogens is 1. The Bertz CT molecular complexity index is 592. The summed E-state index contributed by atoms with van der Waals surface area (Å²) in [6.07, 6.45) is 1.09. The second-order valence-corrected chi connectivity index (χ2v) is 5.15. The minimum Gasteiger partial charge on any atom is -0.486 e. The van der Waals surface area contributed by atoms with E-state index in [4.69, 9.17) is 9.15 Å². The van der Waals surface area contributed by atoms with Crippen LogP contribution in [0.3, 0.4) is 0 Å². The average molecular weight is 291 g/mol. The number of ether oxygens (including phenoxy) is 1. The minimum atomic E-state index is -0.302. The number of hydrogen-bond acceptors (Lipinski definition) is 3. The third-order valence-corrected chi connectivity index (χ3v) is 3.34. The van der Waals surface area contributed by atoms with Crippen molar-refractivity contribution in [3.05, 3.63) is 52.7 Å². The van der Waals surface area contributed by atoms with Crippen LogP contribution in [-0.4, -0.2) is 6.54 Å². The standard InChI is InChI=1S/C17H22FNO2/c1-4-8-19-10-15-9-14(13(3)21-15)11-20-16-7-5-6-12(2)17(16)18/h5-7,9,19H,4,8,10-11H2,1-3H3. The van der Waals surface area contributed by atoms with Gasteiger partial charge in [-0.1, -0.05) is 19.1 Å². The maximum Gasteiger partial charge on any atom is 0.167 e. The van der Waals surface area contributed by atoms with Crippen molar-refractivity contribution in [2.24, 2.45) is 0 Å². The molecule has 0 amide bonds. The molecular weight excluding hydrogens is 269 g/mol. The van der Waals surface area contributed by atoms with Crippen LogP contribution in [0.1, 0.15) is 36.0 Å². The Hall–Kier alpha value is -1.81. The fourth-order valence-corrected chi connectivity index (χ4v) is 2.09. The number of hydrogen-bond donors (Lipinski definition) is 1. The number of benzene rings is 1. The molecule has 2 rings (SSSR count). The minimum absolute atomic E-state index is 0.279. The summed E-state index contributed by atoms with van der Waals surface area (Å²) >= 11 is 0. The molecule has 0 spiro atoms. The fourth-order valence-electron chi connectivity index (χ4n) is 2.09. The second kappa shape index (κ2) is 7.27. The number of aryl methyl sites for hydroxylation is 2. The first kappa shape index (κ1) is 15.6. The maximum absolute atomic E-state index is 13.9. The van der Waals surface area contributed by atoms with E-state index in [2.05, 4.69) is 12.2 Å². The molecule has 0 fully saturated rings. The van der Waals surface area contributed by atoms with E-state index in [-0.39, 0.29) is 11.6 Å². The smallest absolute Gasteiger partial charge is 0.167 e. The van der Waals surface area contributed by atoms with Gasteiger partial charge in [0.25, 0.3) is 0 Å². The van der Waals surface area contributed by atoms with Gasteiger partial charge in [-0.05, 0) is 44.5 Å². The molecule has 0 saturated heterocycles. The Morgan fingerprint density at radius 3 is 2.86 bits per heavy atom. The predicted octanol–water partition coefficient (Wildman–Crippen LogP) is 4.11. The molecule has 4 heteroatoms. The highest BCUT2D eigenvalue weighted by Gasteiger charge is 2.10. The predicted molar refractivity (Wildman–Crippen MR) is 80.9 cm³/mol. The number of furan rings is 1. The van der Waals surface area contributed by atoms with Crippen LogP contribution in [0.2, 0.25) is 0 Å². The fraction of sp³-hybridized carbons (Fsp3) is 0.412. The first-order chi connectivity index (χ1) is 10.1. The van der Waals surface area contributed by atoms with Gasteiger partial charge >= 0.3 is 0 Å². The van der Waals surface area contributed by atoms with E-state index in [1.54, 1.807) is 25.1 Å². The Labute approximate surface area is 125 Å². The Balaban J connectivity index is 1.98. The van der Waals surface area contributed by atoms with Gasteiger partial charge in [-0.3, -0.25) is 0 Å². The molecule has 1 aromatic carbocycles. The summed E-state index contributed by atoms with van der Waals surface area (Å²) < 4.78 is 25.1. The summed E-state index contributed by atoms with van der Waals surface area (Å²) in [6, 6.07) is 7.12. The molecule has 1 heterocycles. The number of rotatable bonds is 7. The summed E-state index contributed by atoms with van der Waals surface area (Å²) in [7, 11) is 0. The SMILES string of the molecule is CCCNCc1cc(COc2cccc(C)c2F)c(C)o1. The van der Waals surface area contributed by atoms with Gasteiger partial charge < -0.3 is 14.5 Å². The third kappa shape index (κ3) is 4.08. The van der Waals surface area contributed by atoms with Gasteiger partial charge in [0, 0.05) is 5.56 Å². The lowest BCUT2D eigenvalue weighted by Crippen LogP contribution is -2.13. The summed E-state index contributed by atoms with van der Waals surface area (Å²) in [5.74, 6) is 1.67. The average Bonchev–Trinajstić information content (AvgIpc) is 2.81. The molecule has 1 N–H and O–H groups in total. The Morgan fingerprint density at radius 1 is 1.29 bits per heavy atom. The van der Waals surface area contributed by atoms with Crippen molar-refractivity contribution in [2.75, 3.05) is 6.54 Å². The van der Waals surface area contributed by atoms with Crippen molar-refractivity contribution in [1.82, 2.24) is 5.32 Å². The molecule has 0 aliphatic carbocycles. The molecule has 0 aliphatic heterocycles. The van der Waals surface area contributed by atoms with Crippen LogP contribution < -0.4 is 10.1 Å². The lowest BCUT2D eigenvalue weighted by atomic mass is 10.2. The zero-order valence-corrected chi connectivity index (χ0v) is 12.8. The highest BCUT2D eigenvalue weighted by Crippen LogP contribution is 2.22. The van der Waals surface area contributed by atoms with Crippen LogP contribution in [-0.2, 0) is 13.2 Å². The van der Waals surface area contributed by atoms with Gasteiger partial charge in [0.15, 0.2) is 11.6 Å². The van der Waals surface area contributed by atoms with E-state index in [0.29, 0.717) is 18.7 Å². The topological polar surface area (TPSA) is 34.4 Å². The zero-order valence-electron chi connectivity index (χ0n) is 12.8. The van der Waals surface area contributed by atoms with Crippen LogP contribution in [0, 0.1) is 19.7 Å². The second-order valence-electron chi connectivity index (χ2n) is 5.15. The van der Waals surface area contributed by atoms with Gasteiger partial charge in [-0.2, -0.15) is 0 Å². The van der Waals surface area contributed by atoms with Crippen LogP contribution >= 0.6 is 0 Å². The van der Waals surface area contributed by atoms with Crippen LogP contribution in [0.15, 0.2) is 28.7 Å². The molecule has 0 saturated carbocycles. The van der Waals surface area contributed by atoms with E-state index in [1.807, 2.05) is 13.0 Å². The highest BCUT2D eigenvalue weighted by molar-refractivity contribution is 5.30. The zero-order chi connectivity index (χ0) is 15.2. The van der Waals surface area contributed by atoms with Gasteiger partial charge in [-0.25, -0.2) is 4.39 Å². The molecule has 1 aromatic heterocycles. The first-order valence-electron chi connectivity index (χ1n) is 7.28. The van der Waals surface area contributed by atoms with E-state index < -0.39 is 0 Å². The molecule has 0 atom stereocenters. The quantitative estimate of drug-likeness (QED) is 0.779. The largest absolute Gasteiger partial charge is 0.486 e. The molecule has 0 radical (unpaired) electrons. The number of nitrogens with one attached hydrogen (secondary N) is 1. The summed E-state index contributed by atoms with van der Waals surface area (Å²) in [6.45, 7) is 7.71. The van der Waals surface area contributed by atoms with Crippen molar-refractivity contribution in [1.29, 1.82) is 0 Å². The van der Waals surface area contributed by atoms with Crippen LogP contribution in [0.5, 0.6) is 5.75 Å². The van der Waals surface area contributed by atoms with Gasteiger partial charge in [0.05, 0.1) is 6.54 Å². The molecule has 0 aliphatic rings. The van der Waals surface area contributed by atoms with Crippen molar-refractivity contribution in [3.8, 4) is 5.75 Å². The molecule has 0 bridgehead atoms. The Morgan fingerprint density at radius 2 is 2.10 bits per heavy atom. The molecule has 114 valence electrons. The first-order valence-corrected chi connectivity index (χ1v) is 7.28. The van der Waals surface area contributed by atoms with Gasteiger partial charge in [0.1, 0.15) is 18.1 Å². The van der Waals surface area contributed by atoms with Crippen LogP contribution in [0.4, 0.5) is 4.39 Å². The van der Waals surface area contributed by atoms with Crippen molar-refractivity contribution in [3.63, 3.8) is 0 Å². The Kier molecular flexibility index (Phi) is 5.39. The van der Waals surface area contributed by atoms with Crippen molar-refractivity contribution >= 4 is 0 Å². The molecule has 0 unspecified atom stereocenters. The summed E-state index contributed by atoms with van der Waals surface area (Å²) in [4.78, 5) is 0. The highest BCUT2D eigenvalue weighted by atomic mass is 19.1. The van der Waals surface area contributed by atoms with E-state index >= 15 is 0 Å². The van der Waals surface area contributed by atoms with E-state index in [9.17, 15) is 4.39 Å². The van der Waals surface area contributed by atoms with Crippen molar-refractivity contribution < 1.29 is 13.5 Å². The molecule has 21 heavy (non-hydrogen) atoms. The normalized spacial score (nSPS) is 10.9. The maximum atomic E-state index is 13.9. The lowest BCUT2D eigenvalue weighted by Gasteiger charge is -2.07.